The molecular formula is C6H13NO. The maximum Gasteiger partial charge on any atom is 0.140 e. The van der Waals surface area contributed by atoms with E-state index in [1.807, 2.05) is 0 Å². The van der Waals surface area contributed by atoms with E-state index in [2.05, 4.69) is 26.1 Å². The maximum absolute atomic E-state index is 5.10. The zero-order valence-corrected chi connectivity index (χ0v) is 5.69. The summed E-state index contributed by atoms with van der Waals surface area (Å²) in [4.78, 5) is 0. The minimum absolute atomic E-state index is 0.0220. The van der Waals surface area contributed by atoms with Crippen LogP contribution in [0.4, 0.5) is 0 Å². The van der Waals surface area contributed by atoms with E-state index in [1.165, 1.54) is 0 Å². The molecule has 1 rings (SSSR count). The molecule has 1 saturated heterocycles. The second-order valence-electron chi connectivity index (χ2n) is 2.82. The van der Waals surface area contributed by atoms with Gasteiger partial charge < -0.3 is 4.74 Å². The number of rotatable bonds is 2. The van der Waals surface area contributed by atoms with Crippen molar-refractivity contribution in [2.24, 2.45) is 0 Å². The first-order chi connectivity index (χ1) is 3.62. The van der Waals surface area contributed by atoms with Crippen LogP contribution in [0.3, 0.4) is 0 Å². The van der Waals surface area contributed by atoms with Crippen molar-refractivity contribution in [1.29, 1.82) is 0 Å². The lowest BCUT2D eigenvalue weighted by atomic mass is 10.3. The molecule has 2 heteroatoms. The Balaban J connectivity index is 2.19. The van der Waals surface area contributed by atoms with Crippen LogP contribution in [-0.4, -0.2) is 18.4 Å². The van der Waals surface area contributed by atoms with E-state index >= 15 is 0 Å². The van der Waals surface area contributed by atoms with Crippen LogP contribution in [0.25, 0.3) is 0 Å². The van der Waals surface area contributed by atoms with Crippen molar-refractivity contribution in [3.63, 3.8) is 0 Å². The Kier molecular flexibility index (Phi) is 1.29. The van der Waals surface area contributed by atoms with E-state index < -0.39 is 0 Å². The number of hydrogen-bond acceptors (Lipinski definition) is 2. The molecule has 1 fully saturated rings. The molecule has 0 aliphatic carbocycles. The van der Waals surface area contributed by atoms with Crippen molar-refractivity contribution in [2.75, 3.05) is 6.61 Å². The molecule has 48 valence electrons. The van der Waals surface area contributed by atoms with E-state index in [0.717, 1.165) is 6.61 Å². The topological polar surface area (TPSA) is 24.6 Å². The molecule has 1 unspecified atom stereocenters. The molecule has 0 radical (unpaired) electrons. The van der Waals surface area contributed by atoms with Crippen LogP contribution in [-0.2, 0) is 4.74 Å². The second-order valence-corrected chi connectivity index (χ2v) is 2.82. The van der Waals surface area contributed by atoms with Crippen molar-refractivity contribution < 1.29 is 4.74 Å². The Morgan fingerprint density at radius 1 is 1.62 bits per heavy atom. The average molecular weight is 115 g/mol. The lowest BCUT2D eigenvalue weighted by Crippen LogP contribution is -2.35. The summed E-state index contributed by atoms with van der Waals surface area (Å²) in [5.41, 5.74) is 0.0220. The fourth-order valence-corrected chi connectivity index (χ4v) is 0.802. The summed E-state index contributed by atoms with van der Waals surface area (Å²) in [7, 11) is 0. The highest BCUT2D eigenvalue weighted by Crippen LogP contribution is 2.21. The molecule has 1 heterocycles. The molecule has 2 nitrogen and oxygen atoms in total. The van der Waals surface area contributed by atoms with Gasteiger partial charge in [-0.25, -0.2) is 0 Å². The fraction of sp³-hybridized carbons (Fsp3) is 1.00. The van der Waals surface area contributed by atoms with E-state index in [4.69, 9.17) is 4.74 Å². The molecule has 1 aliphatic heterocycles. The number of nitrogens with one attached hydrogen (secondary N) is 1. The minimum atomic E-state index is 0.0220. The van der Waals surface area contributed by atoms with Crippen LogP contribution in [0.5, 0.6) is 0 Å². The molecule has 1 N–H and O–H groups in total. The van der Waals surface area contributed by atoms with Gasteiger partial charge in [-0.05, 0) is 20.8 Å². The van der Waals surface area contributed by atoms with Gasteiger partial charge in [0.1, 0.15) is 5.72 Å². The van der Waals surface area contributed by atoms with Crippen LogP contribution in [0, 0.1) is 0 Å². The summed E-state index contributed by atoms with van der Waals surface area (Å²) in [5.74, 6) is 0. The molecule has 0 saturated carbocycles. The highest BCUT2D eigenvalue weighted by atomic mass is 16.6. The van der Waals surface area contributed by atoms with Crippen molar-refractivity contribution in [3.8, 4) is 0 Å². The SMILES string of the molecule is CC(C)NC1(C)CO1. The largest absolute Gasteiger partial charge is 0.354 e. The Morgan fingerprint density at radius 2 is 2.12 bits per heavy atom. The van der Waals surface area contributed by atoms with Crippen molar-refractivity contribution in [3.05, 3.63) is 0 Å². The molecule has 1 aliphatic rings. The van der Waals surface area contributed by atoms with Crippen molar-refractivity contribution in [1.82, 2.24) is 5.32 Å². The summed E-state index contributed by atoms with van der Waals surface area (Å²) >= 11 is 0. The van der Waals surface area contributed by atoms with Crippen molar-refractivity contribution in [2.45, 2.75) is 32.5 Å². The second kappa shape index (κ2) is 1.71. The number of ether oxygens (including phenoxy) is 1. The Hall–Kier alpha value is -0.0800. The van der Waals surface area contributed by atoms with Gasteiger partial charge in [0.2, 0.25) is 0 Å². The third-order valence-corrected chi connectivity index (χ3v) is 1.17. The molecule has 0 aromatic heterocycles. The van der Waals surface area contributed by atoms with Gasteiger partial charge in [0.25, 0.3) is 0 Å². The summed E-state index contributed by atoms with van der Waals surface area (Å²) in [6.07, 6.45) is 0. The molecular weight excluding hydrogens is 102 g/mol. The summed E-state index contributed by atoms with van der Waals surface area (Å²) in [5, 5.41) is 3.27. The Bertz CT molecular complexity index is 86.5. The van der Waals surface area contributed by atoms with Crippen molar-refractivity contribution >= 4 is 0 Å². The zero-order valence-electron chi connectivity index (χ0n) is 5.69. The first-order valence-corrected chi connectivity index (χ1v) is 3.04. The van der Waals surface area contributed by atoms with Gasteiger partial charge in [0.15, 0.2) is 0 Å². The predicted octanol–water partition coefficient (Wildman–Crippen LogP) is 0.731. The third kappa shape index (κ3) is 1.46. The monoisotopic (exact) mass is 115 g/mol. The lowest BCUT2D eigenvalue weighted by molar-refractivity contribution is 0.260. The van der Waals surface area contributed by atoms with Gasteiger partial charge in [0.05, 0.1) is 6.61 Å². The van der Waals surface area contributed by atoms with Gasteiger partial charge in [-0.3, -0.25) is 5.32 Å². The predicted molar refractivity (Wildman–Crippen MR) is 32.6 cm³/mol. The highest BCUT2D eigenvalue weighted by Gasteiger charge is 2.39. The summed E-state index contributed by atoms with van der Waals surface area (Å²) in [6.45, 7) is 7.16. The van der Waals surface area contributed by atoms with Gasteiger partial charge in [-0.1, -0.05) is 0 Å². The maximum atomic E-state index is 5.10. The first-order valence-electron chi connectivity index (χ1n) is 3.04. The van der Waals surface area contributed by atoms with Gasteiger partial charge in [0, 0.05) is 6.04 Å². The van der Waals surface area contributed by atoms with E-state index in [1.54, 1.807) is 0 Å². The molecule has 0 aromatic carbocycles. The molecule has 0 bridgehead atoms. The summed E-state index contributed by atoms with van der Waals surface area (Å²) < 4.78 is 5.10. The number of hydrogen-bond donors (Lipinski definition) is 1. The zero-order chi connectivity index (χ0) is 6.20. The van der Waals surface area contributed by atoms with Crippen LogP contribution < -0.4 is 5.32 Å². The molecule has 8 heavy (non-hydrogen) atoms. The van der Waals surface area contributed by atoms with Crippen LogP contribution >= 0.6 is 0 Å². The minimum Gasteiger partial charge on any atom is -0.354 e. The van der Waals surface area contributed by atoms with Gasteiger partial charge in [-0.2, -0.15) is 0 Å². The third-order valence-electron chi connectivity index (χ3n) is 1.17. The van der Waals surface area contributed by atoms with Crippen LogP contribution in [0.1, 0.15) is 20.8 Å². The van der Waals surface area contributed by atoms with E-state index in [0.29, 0.717) is 6.04 Å². The standard InChI is InChI=1S/C6H13NO/c1-5(2)7-6(3)4-8-6/h5,7H,4H2,1-3H3. The summed E-state index contributed by atoms with van der Waals surface area (Å²) in [6, 6.07) is 0.530. The van der Waals surface area contributed by atoms with E-state index in [-0.39, 0.29) is 5.72 Å². The highest BCUT2D eigenvalue weighted by molar-refractivity contribution is 4.84. The first kappa shape index (κ1) is 6.05. The quantitative estimate of drug-likeness (QED) is 0.536. The van der Waals surface area contributed by atoms with Gasteiger partial charge in [-0.15, -0.1) is 0 Å². The smallest absolute Gasteiger partial charge is 0.140 e. The van der Waals surface area contributed by atoms with Crippen LogP contribution in [0.15, 0.2) is 0 Å². The average Bonchev–Trinajstić information content (AvgIpc) is 2.17. The normalized spacial score (nSPS) is 36.0. The Labute approximate surface area is 50.2 Å². The molecule has 0 amide bonds. The van der Waals surface area contributed by atoms with Crippen LogP contribution in [0.2, 0.25) is 0 Å². The molecule has 0 spiro atoms. The number of epoxide rings is 1. The Morgan fingerprint density at radius 3 is 2.25 bits per heavy atom. The molecule has 1 atom stereocenters. The fourth-order valence-electron chi connectivity index (χ4n) is 0.802. The molecule has 0 aromatic rings. The van der Waals surface area contributed by atoms with Gasteiger partial charge >= 0.3 is 0 Å². The van der Waals surface area contributed by atoms with E-state index in [9.17, 15) is 0 Å². The lowest BCUT2D eigenvalue weighted by Gasteiger charge is -2.10.